The molecule has 1 aromatic rings. The number of carbonyl (C=O) groups excluding carboxylic acids is 1. The second-order valence-corrected chi connectivity index (χ2v) is 4.86. The number of aliphatic hydroxyl groups excluding tert-OH is 1. The molecule has 0 amide bonds. The van der Waals surface area contributed by atoms with Gasteiger partial charge in [-0.3, -0.25) is 9.78 Å². The van der Waals surface area contributed by atoms with Crippen LogP contribution in [0.25, 0.3) is 5.57 Å². The Bertz CT molecular complexity index is 483. The molecule has 0 bridgehead atoms. The molecule has 0 spiro atoms. The molecule has 1 aliphatic carbocycles. The molecule has 1 saturated carbocycles. The monoisotopic (exact) mass is 245 g/mol. The molecule has 3 atom stereocenters. The topological polar surface area (TPSA) is 59.4 Å². The molecule has 1 fully saturated rings. The molecule has 2 heterocycles. The molecule has 1 aromatic heterocycles. The molecule has 1 N–H and O–H groups in total. The largest absolute Gasteiger partial charge is 0.496 e. The van der Waals surface area contributed by atoms with E-state index in [1.54, 1.807) is 6.20 Å². The van der Waals surface area contributed by atoms with Crippen molar-refractivity contribution in [3.05, 3.63) is 36.4 Å². The molecule has 4 heteroatoms. The Kier molecular flexibility index (Phi) is 2.88. The molecule has 3 rings (SSSR count). The van der Waals surface area contributed by atoms with Crippen LogP contribution >= 0.6 is 0 Å². The maximum absolute atomic E-state index is 12.4. The normalized spacial score (nSPS) is 31.3. The highest BCUT2D eigenvalue weighted by Crippen LogP contribution is 2.35. The van der Waals surface area contributed by atoms with E-state index in [0.717, 1.165) is 0 Å². The van der Waals surface area contributed by atoms with Crippen molar-refractivity contribution in [2.24, 2.45) is 5.92 Å². The molecule has 2 aliphatic rings. The molecule has 3 unspecified atom stereocenters. The van der Waals surface area contributed by atoms with Crippen LogP contribution in [0.1, 0.15) is 25.0 Å². The number of ketones is 1. The third kappa shape index (κ3) is 1.93. The van der Waals surface area contributed by atoms with Gasteiger partial charge in [0, 0.05) is 12.6 Å². The lowest BCUT2D eigenvalue weighted by molar-refractivity contribution is -0.126. The number of ether oxygens (including phenoxy) is 1. The Morgan fingerprint density at radius 2 is 2.22 bits per heavy atom. The zero-order chi connectivity index (χ0) is 12.5. The van der Waals surface area contributed by atoms with Crippen LogP contribution in [-0.2, 0) is 9.53 Å². The number of hydrogen-bond acceptors (Lipinski definition) is 4. The van der Waals surface area contributed by atoms with Crippen LogP contribution in [0.3, 0.4) is 0 Å². The van der Waals surface area contributed by atoms with E-state index in [1.807, 2.05) is 18.2 Å². The lowest BCUT2D eigenvalue weighted by Gasteiger charge is -2.35. The number of pyridine rings is 1. The maximum atomic E-state index is 12.4. The summed E-state index contributed by atoms with van der Waals surface area (Å²) in [5.74, 6) is -0.0349. The Balaban J connectivity index is 1.88. The minimum absolute atomic E-state index is 0.0943. The van der Waals surface area contributed by atoms with Gasteiger partial charge in [0.25, 0.3) is 0 Å². The number of hydrogen-bond donors (Lipinski definition) is 1. The van der Waals surface area contributed by atoms with E-state index >= 15 is 0 Å². The van der Waals surface area contributed by atoms with Gasteiger partial charge >= 0.3 is 0 Å². The van der Waals surface area contributed by atoms with E-state index in [1.165, 1.54) is 6.26 Å². The Morgan fingerprint density at radius 1 is 1.33 bits per heavy atom. The number of rotatable bonds is 1. The first-order chi connectivity index (χ1) is 8.75. The highest BCUT2D eigenvalue weighted by molar-refractivity contribution is 6.21. The minimum atomic E-state index is -0.344. The van der Waals surface area contributed by atoms with Crippen LogP contribution in [0.15, 0.2) is 30.7 Å². The molecule has 0 aromatic carbocycles. The van der Waals surface area contributed by atoms with Crippen LogP contribution in [0.2, 0.25) is 0 Å². The van der Waals surface area contributed by atoms with Gasteiger partial charge in [-0.05, 0) is 25.0 Å². The summed E-state index contributed by atoms with van der Waals surface area (Å²) in [5, 5.41) is 9.59. The standard InChI is InChI=1S/C14H15NO3/c16-9-4-5-10-13(7-9)18-8-11(14(10)17)12-3-1-2-6-15-12/h1-3,6,8-10,13,16H,4-5,7H2. The molecule has 94 valence electrons. The molecular formula is C14H15NO3. The van der Waals surface area contributed by atoms with Crippen molar-refractivity contribution in [1.29, 1.82) is 0 Å². The van der Waals surface area contributed by atoms with Crippen molar-refractivity contribution in [3.63, 3.8) is 0 Å². The number of carbonyl (C=O) groups is 1. The lowest BCUT2D eigenvalue weighted by atomic mass is 9.78. The van der Waals surface area contributed by atoms with Gasteiger partial charge < -0.3 is 9.84 Å². The van der Waals surface area contributed by atoms with Crippen molar-refractivity contribution >= 4 is 11.4 Å². The Labute approximate surface area is 105 Å². The van der Waals surface area contributed by atoms with Crippen molar-refractivity contribution in [3.8, 4) is 0 Å². The molecule has 18 heavy (non-hydrogen) atoms. The Hall–Kier alpha value is -1.68. The number of aliphatic hydroxyl groups is 1. The summed E-state index contributed by atoms with van der Waals surface area (Å²) in [6.07, 6.45) is 4.56. The Morgan fingerprint density at radius 3 is 3.00 bits per heavy atom. The highest BCUT2D eigenvalue weighted by Gasteiger charge is 2.40. The third-order valence-corrected chi connectivity index (χ3v) is 3.67. The van der Waals surface area contributed by atoms with Crippen molar-refractivity contribution in [1.82, 2.24) is 4.98 Å². The van der Waals surface area contributed by atoms with E-state index in [0.29, 0.717) is 30.5 Å². The number of Topliss-reactive ketones (excluding diaryl/α,β-unsaturated/α-hetero) is 1. The summed E-state index contributed by atoms with van der Waals surface area (Å²) in [7, 11) is 0. The first-order valence-electron chi connectivity index (χ1n) is 6.25. The van der Waals surface area contributed by atoms with E-state index in [2.05, 4.69) is 4.98 Å². The number of fused-ring (bicyclic) bond motifs is 1. The highest BCUT2D eigenvalue weighted by atomic mass is 16.5. The van der Waals surface area contributed by atoms with E-state index in [9.17, 15) is 9.90 Å². The van der Waals surface area contributed by atoms with E-state index < -0.39 is 0 Å². The number of allylic oxidation sites excluding steroid dienone is 1. The van der Waals surface area contributed by atoms with Crippen molar-refractivity contribution in [2.75, 3.05) is 0 Å². The first kappa shape index (κ1) is 11.4. The van der Waals surface area contributed by atoms with Crippen LogP contribution in [0.5, 0.6) is 0 Å². The predicted octanol–water partition coefficient (Wildman–Crippen LogP) is 1.55. The second kappa shape index (κ2) is 4.53. The summed E-state index contributed by atoms with van der Waals surface area (Å²) in [4.78, 5) is 16.6. The fourth-order valence-corrected chi connectivity index (χ4v) is 2.68. The van der Waals surface area contributed by atoms with Gasteiger partial charge in [-0.15, -0.1) is 0 Å². The average molecular weight is 245 g/mol. The van der Waals surface area contributed by atoms with E-state index in [-0.39, 0.29) is 23.9 Å². The summed E-state index contributed by atoms with van der Waals surface area (Å²) < 4.78 is 5.61. The van der Waals surface area contributed by atoms with Crippen LogP contribution < -0.4 is 0 Å². The fourth-order valence-electron chi connectivity index (χ4n) is 2.68. The van der Waals surface area contributed by atoms with Crippen molar-refractivity contribution < 1.29 is 14.6 Å². The number of nitrogens with zero attached hydrogens (tertiary/aromatic N) is 1. The summed E-state index contributed by atoms with van der Waals surface area (Å²) in [6, 6.07) is 5.48. The van der Waals surface area contributed by atoms with Gasteiger partial charge in [0.1, 0.15) is 6.10 Å². The van der Waals surface area contributed by atoms with Gasteiger partial charge in [-0.25, -0.2) is 0 Å². The maximum Gasteiger partial charge on any atom is 0.174 e. The summed E-state index contributed by atoms with van der Waals surface area (Å²) >= 11 is 0. The zero-order valence-electron chi connectivity index (χ0n) is 9.95. The SMILES string of the molecule is O=C1C(c2ccccn2)=COC2CC(O)CCC12. The van der Waals surface area contributed by atoms with Gasteiger partial charge in [-0.2, -0.15) is 0 Å². The lowest BCUT2D eigenvalue weighted by Crippen LogP contribution is -2.40. The molecule has 1 aliphatic heterocycles. The quantitative estimate of drug-likeness (QED) is 0.815. The summed E-state index contributed by atoms with van der Waals surface area (Å²) in [5.41, 5.74) is 1.21. The van der Waals surface area contributed by atoms with Crippen molar-refractivity contribution in [2.45, 2.75) is 31.5 Å². The molecule has 0 radical (unpaired) electrons. The van der Waals surface area contributed by atoms with Gasteiger partial charge in [-0.1, -0.05) is 6.07 Å². The second-order valence-electron chi connectivity index (χ2n) is 4.86. The van der Waals surface area contributed by atoms with Gasteiger partial charge in [0.05, 0.1) is 29.6 Å². The van der Waals surface area contributed by atoms with Gasteiger partial charge in [0.15, 0.2) is 5.78 Å². The predicted molar refractivity (Wildman–Crippen MR) is 65.4 cm³/mol. The van der Waals surface area contributed by atoms with E-state index in [4.69, 9.17) is 4.74 Å². The molecular weight excluding hydrogens is 230 g/mol. The average Bonchev–Trinajstić information content (AvgIpc) is 2.40. The van der Waals surface area contributed by atoms with Gasteiger partial charge in [0.2, 0.25) is 0 Å². The summed E-state index contributed by atoms with van der Waals surface area (Å²) in [6.45, 7) is 0. The first-order valence-corrected chi connectivity index (χ1v) is 6.25. The molecule has 0 saturated heterocycles. The fraction of sp³-hybridized carbons (Fsp3) is 0.429. The third-order valence-electron chi connectivity index (χ3n) is 3.67. The van der Waals surface area contributed by atoms with Crippen LogP contribution in [0.4, 0.5) is 0 Å². The van der Waals surface area contributed by atoms with Crippen LogP contribution in [0, 0.1) is 5.92 Å². The smallest absolute Gasteiger partial charge is 0.174 e. The molecule has 4 nitrogen and oxygen atoms in total. The minimum Gasteiger partial charge on any atom is -0.496 e. The van der Waals surface area contributed by atoms with Crippen LogP contribution in [-0.4, -0.2) is 28.1 Å². The number of aromatic nitrogens is 1. The zero-order valence-corrected chi connectivity index (χ0v) is 9.95.